The highest BCUT2D eigenvalue weighted by Crippen LogP contribution is 2.30. The largest absolute Gasteiger partial charge is 0.481 e. The van der Waals surface area contributed by atoms with Gasteiger partial charge in [0.25, 0.3) is 0 Å². The smallest absolute Gasteiger partial charge is 0.307 e. The molecule has 1 fully saturated rings. The van der Waals surface area contributed by atoms with Crippen molar-refractivity contribution in [3.8, 4) is 0 Å². The zero-order valence-corrected chi connectivity index (χ0v) is 10.3. The van der Waals surface area contributed by atoms with Crippen LogP contribution >= 0.6 is 0 Å². The van der Waals surface area contributed by atoms with Crippen molar-refractivity contribution >= 4 is 5.97 Å². The summed E-state index contributed by atoms with van der Waals surface area (Å²) in [6.45, 7) is 2.44. The molecular weight excluding hydrogens is 202 g/mol. The van der Waals surface area contributed by atoms with Gasteiger partial charge < -0.3 is 10.8 Å². The summed E-state index contributed by atoms with van der Waals surface area (Å²) >= 11 is 0. The third kappa shape index (κ3) is 4.52. The predicted octanol–water partition coefficient (Wildman–Crippen LogP) is 2.64. The second-order valence-electron chi connectivity index (χ2n) is 5.35. The van der Waals surface area contributed by atoms with Gasteiger partial charge in [0.05, 0.1) is 5.92 Å². The average molecular weight is 227 g/mol. The molecule has 3 nitrogen and oxygen atoms in total. The fraction of sp³-hybridized carbons (Fsp3) is 0.923. The highest BCUT2D eigenvalue weighted by Gasteiger charge is 2.22. The minimum Gasteiger partial charge on any atom is -0.481 e. The van der Waals surface area contributed by atoms with E-state index in [0.29, 0.717) is 5.92 Å². The lowest BCUT2D eigenvalue weighted by Gasteiger charge is -2.25. The third-order valence-electron chi connectivity index (χ3n) is 3.78. The van der Waals surface area contributed by atoms with Crippen LogP contribution in [0, 0.1) is 17.8 Å². The Balaban J connectivity index is 2.27. The topological polar surface area (TPSA) is 63.3 Å². The zero-order valence-electron chi connectivity index (χ0n) is 10.3. The summed E-state index contributed by atoms with van der Waals surface area (Å²) in [4.78, 5) is 10.9. The summed E-state index contributed by atoms with van der Waals surface area (Å²) < 4.78 is 0. The van der Waals surface area contributed by atoms with Crippen LogP contribution in [0.15, 0.2) is 0 Å². The van der Waals surface area contributed by atoms with Gasteiger partial charge in [-0.25, -0.2) is 0 Å². The molecule has 0 saturated heterocycles. The van der Waals surface area contributed by atoms with E-state index in [2.05, 4.69) is 6.92 Å². The molecule has 1 rings (SSSR count). The summed E-state index contributed by atoms with van der Waals surface area (Å²) in [5.74, 6) is 0.236. The van der Waals surface area contributed by atoms with Gasteiger partial charge in [0.15, 0.2) is 0 Å². The van der Waals surface area contributed by atoms with E-state index in [0.717, 1.165) is 12.3 Å². The van der Waals surface area contributed by atoms with Crippen LogP contribution in [0.25, 0.3) is 0 Å². The summed E-state index contributed by atoms with van der Waals surface area (Å²) in [7, 11) is 0. The minimum absolute atomic E-state index is 0.268. The quantitative estimate of drug-likeness (QED) is 0.733. The van der Waals surface area contributed by atoms with Gasteiger partial charge in [0.1, 0.15) is 0 Å². The molecule has 2 atom stereocenters. The maximum Gasteiger partial charge on any atom is 0.307 e. The van der Waals surface area contributed by atoms with E-state index in [-0.39, 0.29) is 12.5 Å². The van der Waals surface area contributed by atoms with Gasteiger partial charge in [0, 0.05) is 6.54 Å². The van der Waals surface area contributed by atoms with Crippen molar-refractivity contribution in [2.24, 2.45) is 23.5 Å². The maximum atomic E-state index is 10.9. The van der Waals surface area contributed by atoms with Crippen LogP contribution in [-0.2, 0) is 4.79 Å². The molecule has 2 unspecified atom stereocenters. The Kier molecular flexibility index (Phi) is 5.81. The second-order valence-corrected chi connectivity index (χ2v) is 5.35. The van der Waals surface area contributed by atoms with E-state index in [1.807, 2.05) is 0 Å². The number of carbonyl (C=O) groups is 1. The molecule has 0 spiro atoms. The molecule has 3 heteroatoms. The summed E-state index contributed by atoms with van der Waals surface area (Å²) in [6, 6.07) is 0. The highest BCUT2D eigenvalue weighted by molar-refractivity contribution is 5.70. The van der Waals surface area contributed by atoms with E-state index in [1.165, 1.54) is 38.5 Å². The molecule has 0 aromatic rings. The van der Waals surface area contributed by atoms with E-state index in [9.17, 15) is 4.79 Å². The van der Waals surface area contributed by atoms with E-state index < -0.39 is 5.97 Å². The van der Waals surface area contributed by atoms with Crippen molar-refractivity contribution in [3.63, 3.8) is 0 Å². The van der Waals surface area contributed by atoms with Crippen LogP contribution in [0.3, 0.4) is 0 Å². The Morgan fingerprint density at radius 2 is 2.00 bits per heavy atom. The Hall–Kier alpha value is -0.570. The van der Waals surface area contributed by atoms with Crippen molar-refractivity contribution in [1.82, 2.24) is 0 Å². The molecule has 0 aliphatic heterocycles. The molecule has 1 aliphatic carbocycles. The Labute approximate surface area is 98.4 Å². The van der Waals surface area contributed by atoms with Gasteiger partial charge in [-0.15, -0.1) is 0 Å². The van der Waals surface area contributed by atoms with Crippen molar-refractivity contribution < 1.29 is 9.90 Å². The monoisotopic (exact) mass is 227 g/mol. The van der Waals surface area contributed by atoms with Crippen molar-refractivity contribution in [1.29, 1.82) is 0 Å². The van der Waals surface area contributed by atoms with Crippen LogP contribution in [-0.4, -0.2) is 17.6 Å². The fourth-order valence-corrected chi connectivity index (χ4v) is 2.87. The van der Waals surface area contributed by atoms with Gasteiger partial charge in [-0.05, 0) is 24.7 Å². The Bertz CT molecular complexity index is 212. The molecule has 1 saturated carbocycles. The van der Waals surface area contributed by atoms with Gasteiger partial charge in [0.2, 0.25) is 0 Å². The summed E-state index contributed by atoms with van der Waals surface area (Å²) in [5, 5.41) is 8.95. The van der Waals surface area contributed by atoms with E-state index in [4.69, 9.17) is 10.8 Å². The molecule has 0 radical (unpaired) electrons. The maximum absolute atomic E-state index is 10.9. The van der Waals surface area contributed by atoms with Gasteiger partial charge in [-0.1, -0.05) is 39.0 Å². The summed E-state index contributed by atoms with van der Waals surface area (Å²) in [6.07, 6.45) is 8.69. The number of hydrogen-bond donors (Lipinski definition) is 2. The SMILES string of the molecule is CC(CC1CCCCC1)CC(CN)C(=O)O. The van der Waals surface area contributed by atoms with Crippen LogP contribution in [0.1, 0.15) is 51.9 Å². The van der Waals surface area contributed by atoms with Crippen molar-refractivity contribution in [2.45, 2.75) is 51.9 Å². The van der Waals surface area contributed by atoms with Crippen molar-refractivity contribution in [2.75, 3.05) is 6.54 Å². The molecule has 0 bridgehead atoms. The number of nitrogens with two attached hydrogens (primary N) is 1. The molecule has 16 heavy (non-hydrogen) atoms. The second kappa shape index (κ2) is 6.89. The minimum atomic E-state index is -0.738. The predicted molar refractivity (Wildman–Crippen MR) is 65.2 cm³/mol. The molecule has 0 aromatic carbocycles. The van der Waals surface area contributed by atoms with Crippen LogP contribution in [0.5, 0.6) is 0 Å². The number of carboxylic acids is 1. The van der Waals surface area contributed by atoms with Gasteiger partial charge in [-0.2, -0.15) is 0 Å². The lowest BCUT2D eigenvalue weighted by Crippen LogP contribution is -2.26. The standard InChI is InChI=1S/C13H25NO2/c1-10(8-12(9-14)13(15)16)7-11-5-3-2-4-6-11/h10-12H,2-9,14H2,1H3,(H,15,16). The molecule has 1 aliphatic rings. The zero-order chi connectivity index (χ0) is 12.0. The van der Waals surface area contributed by atoms with Gasteiger partial charge >= 0.3 is 5.97 Å². The normalized spacial score (nSPS) is 21.6. The van der Waals surface area contributed by atoms with Crippen LogP contribution in [0.2, 0.25) is 0 Å². The molecule has 0 aromatic heterocycles. The summed E-state index contributed by atoms with van der Waals surface area (Å²) in [5.41, 5.74) is 5.47. The number of hydrogen-bond acceptors (Lipinski definition) is 2. The molecule has 94 valence electrons. The first-order chi connectivity index (χ1) is 7.63. The Morgan fingerprint density at radius 3 is 2.50 bits per heavy atom. The van der Waals surface area contributed by atoms with Crippen molar-refractivity contribution in [3.05, 3.63) is 0 Å². The number of rotatable bonds is 6. The highest BCUT2D eigenvalue weighted by atomic mass is 16.4. The number of aliphatic carboxylic acids is 1. The van der Waals surface area contributed by atoms with E-state index in [1.54, 1.807) is 0 Å². The molecular formula is C13H25NO2. The van der Waals surface area contributed by atoms with Crippen LogP contribution in [0.4, 0.5) is 0 Å². The Morgan fingerprint density at radius 1 is 1.38 bits per heavy atom. The lowest BCUT2D eigenvalue weighted by atomic mass is 9.81. The van der Waals surface area contributed by atoms with E-state index >= 15 is 0 Å². The fourth-order valence-electron chi connectivity index (χ4n) is 2.87. The van der Waals surface area contributed by atoms with Crippen LogP contribution < -0.4 is 5.73 Å². The number of carboxylic acid groups (broad SMARTS) is 1. The molecule has 3 N–H and O–H groups in total. The van der Waals surface area contributed by atoms with Gasteiger partial charge in [-0.3, -0.25) is 4.79 Å². The first-order valence-electron chi connectivity index (χ1n) is 6.56. The average Bonchev–Trinajstić information content (AvgIpc) is 2.27. The molecule has 0 heterocycles. The first kappa shape index (κ1) is 13.5. The first-order valence-corrected chi connectivity index (χ1v) is 6.56. The molecule has 0 amide bonds. The lowest BCUT2D eigenvalue weighted by molar-refractivity contribution is -0.142. The third-order valence-corrected chi connectivity index (χ3v) is 3.78.